The van der Waals surface area contributed by atoms with Crippen molar-refractivity contribution in [2.24, 2.45) is 4.99 Å². The number of likely N-dealkylation sites (tertiary alicyclic amines) is 1. The third-order valence-corrected chi connectivity index (χ3v) is 3.91. The summed E-state index contributed by atoms with van der Waals surface area (Å²) >= 11 is 1.85. The number of likely N-dealkylation sites (N-methyl/N-ethyl adjacent to an activating group) is 1. The van der Waals surface area contributed by atoms with Crippen LogP contribution in [0.15, 0.2) is 4.99 Å². The van der Waals surface area contributed by atoms with Crippen LogP contribution in [0.2, 0.25) is 0 Å². The molecule has 2 aliphatic rings. The average molecular weight is 213 g/mol. The van der Waals surface area contributed by atoms with Gasteiger partial charge >= 0.3 is 0 Å². The van der Waals surface area contributed by atoms with Crippen molar-refractivity contribution in [1.29, 1.82) is 0 Å². The third-order valence-electron chi connectivity index (χ3n) is 2.98. The van der Waals surface area contributed by atoms with E-state index < -0.39 is 0 Å². The van der Waals surface area contributed by atoms with E-state index in [0.29, 0.717) is 0 Å². The molecule has 4 heteroatoms. The zero-order chi connectivity index (χ0) is 9.80. The molecule has 2 aliphatic heterocycles. The minimum Gasteiger partial charge on any atom is -0.363 e. The van der Waals surface area contributed by atoms with E-state index in [1.165, 1.54) is 25.9 Å². The van der Waals surface area contributed by atoms with Gasteiger partial charge in [0.05, 0.1) is 6.54 Å². The van der Waals surface area contributed by atoms with Gasteiger partial charge < -0.3 is 5.32 Å². The van der Waals surface area contributed by atoms with Crippen molar-refractivity contribution in [1.82, 2.24) is 10.2 Å². The Morgan fingerprint density at radius 3 is 3.29 bits per heavy atom. The highest BCUT2D eigenvalue weighted by molar-refractivity contribution is 8.14. The highest BCUT2D eigenvalue weighted by Gasteiger charge is 2.23. The zero-order valence-corrected chi connectivity index (χ0v) is 9.65. The summed E-state index contributed by atoms with van der Waals surface area (Å²) in [4.78, 5) is 6.96. The maximum absolute atomic E-state index is 4.40. The van der Waals surface area contributed by atoms with Gasteiger partial charge in [0.2, 0.25) is 0 Å². The van der Waals surface area contributed by atoms with Gasteiger partial charge in [-0.3, -0.25) is 9.89 Å². The van der Waals surface area contributed by atoms with Crippen LogP contribution in [0.1, 0.15) is 19.8 Å². The highest BCUT2D eigenvalue weighted by atomic mass is 32.2. The van der Waals surface area contributed by atoms with Crippen LogP contribution in [0.4, 0.5) is 0 Å². The lowest BCUT2D eigenvalue weighted by molar-refractivity contribution is 0.267. The molecule has 0 spiro atoms. The van der Waals surface area contributed by atoms with Gasteiger partial charge in [0, 0.05) is 18.3 Å². The Balaban J connectivity index is 1.74. The molecule has 1 fully saturated rings. The van der Waals surface area contributed by atoms with E-state index in [-0.39, 0.29) is 0 Å². The Hall–Kier alpha value is -0.220. The smallest absolute Gasteiger partial charge is 0.156 e. The first-order valence-corrected chi connectivity index (χ1v) is 6.54. The number of hydrogen-bond donors (Lipinski definition) is 1. The summed E-state index contributed by atoms with van der Waals surface area (Å²) in [5, 5.41) is 4.62. The lowest BCUT2D eigenvalue weighted by Crippen LogP contribution is -2.39. The summed E-state index contributed by atoms with van der Waals surface area (Å²) in [6.07, 6.45) is 2.71. The quantitative estimate of drug-likeness (QED) is 0.762. The number of aliphatic imine (C=N–C) groups is 1. The topological polar surface area (TPSA) is 27.6 Å². The van der Waals surface area contributed by atoms with Crippen molar-refractivity contribution in [2.75, 3.05) is 31.9 Å². The fourth-order valence-electron chi connectivity index (χ4n) is 2.19. The minimum atomic E-state index is 0.740. The molecule has 0 bridgehead atoms. The van der Waals surface area contributed by atoms with Crippen LogP contribution in [-0.4, -0.2) is 48.0 Å². The van der Waals surface area contributed by atoms with Crippen molar-refractivity contribution in [3.63, 3.8) is 0 Å². The van der Waals surface area contributed by atoms with Crippen molar-refractivity contribution in [3.8, 4) is 0 Å². The second-order valence-electron chi connectivity index (χ2n) is 3.84. The Morgan fingerprint density at radius 1 is 1.64 bits per heavy atom. The molecule has 0 aliphatic carbocycles. The van der Waals surface area contributed by atoms with Gasteiger partial charge in [-0.15, -0.1) is 0 Å². The first kappa shape index (κ1) is 10.3. The molecule has 0 aromatic heterocycles. The molecule has 14 heavy (non-hydrogen) atoms. The molecule has 1 N–H and O–H groups in total. The van der Waals surface area contributed by atoms with Crippen LogP contribution in [0.5, 0.6) is 0 Å². The standard InChI is InChI=1S/C10H19N3S/c1-2-13-6-3-4-9(13)8-12-10-11-5-7-14-10/h9H,2-8H2,1H3,(H,11,12). The summed E-state index contributed by atoms with van der Waals surface area (Å²) in [6.45, 7) is 6.80. The summed E-state index contributed by atoms with van der Waals surface area (Å²) < 4.78 is 0. The fraction of sp³-hybridized carbons (Fsp3) is 0.900. The summed E-state index contributed by atoms with van der Waals surface area (Å²) in [5.41, 5.74) is 0. The van der Waals surface area contributed by atoms with E-state index in [4.69, 9.17) is 0 Å². The van der Waals surface area contributed by atoms with E-state index >= 15 is 0 Å². The van der Waals surface area contributed by atoms with Crippen LogP contribution < -0.4 is 5.32 Å². The summed E-state index contributed by atoms with van der Waals surface area (Å²) in [6, 6.07) is 0.740. The number of nitrogens with zero attached hydrogens (tertiary/aromatic N) is 2. The van der Waals surface area contributed by atoms with Crippen LogP contribution in [0.3, 0.4) is 0 Å². The predicted octanol–water partition coefficient (Wildman–Crippen LogP) is 1.16. The van der Waals surface area contributed by atoms with E-state index in [1.54, 1.807) is 0 Å². The predicted molar refractivity (Wildman–Crippen MR) is 63.0 cm³/mol. The molecular formula is C10H19N3S. The number of rotatable bonds is 3. The van der Waals surface area contributed by atoms with Crippen LogP contribution in [0.25, 0.3) is 0 Å². The van der Waals surface area contributed by atoms with Gasteiger partial charge in [0.25, 0.3) is 0 Å². The van der Waals surface area contributed by atoms with Crippen LogP contribution in [-0.2, 0) is 0 Å². The highest BCUT2D eigenvalue weighted by Crippen LogP contribution is 2.16. The molecule has 0 saturated carbocycles. The van der Waals surface area contributed by atoms with Gasteiger partial charge in [0.1, 0.15) is 0 Å². The number of thioether (sulfide) groups is 1. The molecule has 0 radical (unpaired) electrons. The number of hydrogen-bond acceptors (Lipinski definition) is 4. The lowest BCUT2D eigenvalue weighted by Gasteiger charge is -2.23. The molecule has 0 aromatic carbocycles. The van der Waals surface area contributed by atoms with Gasteiger partial charge in [-0.25, -0.2) is 0 Å². The third kappa shape index (κ3) is 2.42. The molecule has 1 saturated heterocycles. The molecule has 1 atom stereocenters. The lowest BCUT2D eigenvalue weighted by atomic mass is 10.2. The van der Waals surface area contributed by atoms with Gasteiger partial charge in [-0.05, 0) is 25.9 Å². The van der Waals surface area contributed by atoms with E-state index in [0.717, 1.165) is 30.1 Å². The maximum atomic E-state index is 4.40. The summed E-state index contributed by atoms with van der Waals surface area (Å²) in [7, 11) is 0. The van der Waals surface area contributed by atoms with Gasteiger partial charge in [-0.2, -0.15) is 0 Å². The van der Waals surface area contributed by atoms with Gasteiger partial charge in [0.15, 0.2) is 5.17 Å². The second kappa shape index (κ2) is 5.03. The zero-order valence-electron chi connectivity index (χ0n) is 8.83. The molecule has 0 aromatic rings. The molecule has 80 valence electrons. The molecule has 0 amide bonds. The van der Waals surface area contributed by atoms with E-state index in [1.807, 2.05) is 11.8 Å². The van der Waals surface area contributed by atoms with Crippen molar-refractivity contribution in [2.45, 2.75) is 25.8 Å². The first-order chi connectivity index (χ1) is 6.90. The maximum Gasteiger partial charge on any atom is 0.156 e. The molecule has 1 unspecified atom stereocenters. The molecule has 3 nitrogen and oxygen atoms in total. The second-order valence-corrected chi connectivity index (χ2v) is 4.92. The number of amidine groups is 1. The Bertz CT molecular complexity index is 217. The van der Waals surface area contributed by atoms with Crippen molar-refractivity contribution >= 4 is 16.9 Å². The Labute approximate surface area is 90.3 Å². The van der Waals surface area contributed by atoms with Crippen LogP contribution in [0, 0.1) is 0 Å². The normalized spacial score (nSPS) is 28.1. The fourth-order valence-corrected chi connectivity index (χ4v) is 2.93. The molecule has 2 heterocycles. The first-order valence-electron chi connectivity index (χ1n) is 5.55. The molecule has 2 rings (SSSR count). The molecular weight excluding hydrogens is 194 g/mol. The summed E-state index contributed by atoms with van der Waals surface area (Å²) in [5.74, 6) is 1.16. The SMILES string of the molecule is CCN1CCCC1CNC1=NCCS1. The average Bonchev–Trinajstić information content (AvgIpc) is 2.85. The Morgan fingerprint density at radius 2 is 2.57 bits per heavy atom. The minimum absolute atomic E-state index is 0.740. The van der Waals surface area contributed by atoms with Crippen LogP contribution >= 0.6 is 11.8 Å². The monoisotopic (exact) mass is 213 g/mol. The largest absolute Gasteiger partial charge is 0.363 e. The Kier molecular flexibility index (Phi) is 3.70. The van der Waals surface area contributed by atoms with Crippen molar-refractivity contribution < 1.29 is 0 Å². The van der Waals surface area contributed by atoms with E-state index in [9.17, 15) is 0 Å². The van der Waals surface area contributed by atoms with E-state index in [2.05, 4.69) is 22.1 Å². The van der Waals surface area contributed by atoms with Gasteiger partial charge in [-0.1, -0.05) is 18.7 Å². The number of nitrogens with one attached hydrogen (secondary N) is 1. The van der Waals surface area contributed by atoms with Crippen molar-refractivity contribution in [3.05, 3.63) is 0 Å².